The number of aromatic nitrogens is 3. The molecule has 0 amide bonds. The summed E-state index contributed by atoms with van der Waals surface area (Å²) in [5, 5.41) is 2.46. The third-order valence-electron chi connectivity index (χ3n) is 6.58. The van der Waals surface area contributed by atoms with Crippen molar-refractivity contribution < 1.29 is 24.7 Å². The molecule has 0 fully saturated rings. The summed E-state index contributed by atoms with van der Waals surface area (Å²) in [6.45, 7) is 4.39. The van der Waals surface area contributed by atoms with E-state index in [-0.39, 0.29) is 20.1 Å². The zero-order valence-corrected chi connectivity index (χ0v) is 23.3. The summed E-state index contributed by atoms with van der Waals surface area (Å²) >= 11 is 0. The minimum absolute atomic E-state index is 0. The number of benzene rings is 4. The van der Waals surface area contributed by atoms with E-state index in [1.54, 1.807) is 6.20 Å². The van der Waals surface area contributed by atoms with E-state index in [1.807, 2.05) is 42.5 Å². The van der Waals surface area contributed by atoms with E-state index in [0.29, 0.717) is 6.04 Å². The minimum atomic E-state index is 0. The second-order valence-electron chi connectivity index (χ2n) is 9.17. The van der Waals surface area contributed by atoms with E-state index in [1.165, 1.54) is 33.2 Å². The normalized spacial score (nSPS) is 11.6. The Bertz CT molecular complexity index is 1640. The van der Waals surface area contributed by atoms with E-state index in [2.05, 4.69) is 107 Å². The first-order valence-corrected chi connectivity index (χ1v) is 12.2. The van der Waals surface area contributed by atoms with Gasteiger partial charge in [-0.15, -0.1) is 52.7 Å². The van der Waals surface area contributed by atoms with Crippen molar-refractivity contribution in [1.29, 1.82) is 0 Å². The number of rotatable bonds is 2. The first-order chi connectivity index (χ1) is 17.6. The summed E-state index contributed by atoms with van der Waals surface area (Å²) in [5.74, 6) is 0. The smallest absolute Gasteiger partial charge is 0.407 e. The summed E-state index contributed by atoms with van der Waals surface area (Å²) in [4.78, 5) is 6.50. The van der Waals surface area contributed by atoms with Gasteiger partial charge >= 0.3 is 20.1 Å². The van der Waals surface area contributed by atoms with Crippen LogP contribution >= 0.6 is 0 Å². The quantitative estimate of drug-likeness (QED) is 0.150. The summed E-state index contributed by atoms with van der Waals surface area (Å²) in [6.07, 6.45) is 5.34. The largest absolute Gasteiger partial charge is 3.00 e. The number of anilines is 2. The topological polar surface area (TPSA) is 24.9 Å². The van der Waals surface area contributed by atoms with E-state index in [4.69, 9.17) is 0 Å². The number of hydrogen-bond donors (Lipinski definition) is 0. The molecule has 0 bridgehead atoms. The zero-order chi connectivity index (χ0) is 24.6. The molecule has 0 N–H and O–H groups in total. The first kappa shape index (κ1) is 24.9. The van der Waals surface area contributed by atoms with Gasteiger partial charge in [-0.3, -0.25) is 0 Å². The molecule has 6 aromatic rings. The number of pyridine rings is 1. The van der Waals surface area contributed by atoms with Crippen molar-refractivity contribution in [2.45, 2.75) is 19.9 Å². The summed E-state index contributed by atoms with van der Waals surface area (Å²) < 4.78 is 4.39. The Balaban J connectivity index is 0.000000183. The first-order valence-electron chi connectivity index (χ1n) is 12.2. The van der Waals surface area contributed by atoms with Crippen molar-refractivity contribution >= 4 is 33.2 Å². The maximum Gasteiger partial charge on any atom is 3.00 e. The molecule has 0 spiro atoms. The molecule has 1 aliphatic rings. The monoisotopic (exact) mass is 659 g/mol. The molecule has 4 nitrogen and oxygen atoms in total. The molecule has 1 aliphatic heterocycles. The molecule has 0 unspecified atom stereocenters. The molecule has 182 valence electrons. The van der Waals surface area contributed by atoms with Gasteiger partial charge in [-0.2, -0.15) is 12.1 Å². The Morgan fingerprint density at radius 1 is 0.865 bits per heavy atom. The average molecular weight is 659 g/mol. The Hall–Kier alpha value is -3.79. The van der Waals surface area contributed by atoms with Gasteiger partial charge < -0.3 is 19.0 Å². The zero-order valence-electron chi connectivity index (χ0n) is 20.9. The number of hydrogen-bond acceptors (Lipinski definition) is 2. The Kier molecular flexibility index (Phi) is 6.92. The third-order valence-corrected chi connectivity index (χ3v) is 6.58. The second kappa shape index (κ2) is 10.3. The summed E-state index contributed by atoms with van der Waals surface area (Å²) in [7, 11) is 2.14. The Labute approximate surface area is 231 Å². The fraction of sp³-hybridized carbons (Fsp3) is 0.125. The van der Waals surface area contributed by atoms with Gasteiger partial charge in [-0.1, -0.05) is 48.2 Å². The standard InChI is InChI=1S/C21H18N3.C11H8N.Ir/c1-14(2)23-13-24-19-12-11-15-7-4-5-8-16(15)20(19)22(3)17-9-6-10-18(23)21(17)24;1-2-6-10(7-3-1)11-8-4-5-9-12-11;/h4-11,14H,1-3H3;1-6,8-9H;/q2*-1;+3. The van der Waals surface area contributed by atoms with Crippen LogP contribution in [0.2, 0.25) is 0 Å². The Morgan fingerprint density at radius 3 is 2.43 bits per heavy atom. The predicted molar refractivity (Wildman–Crippen MR) is 146 cm³/mol. The second-order valence-corrected chi connectivity index (χ2v) is 9.17. The van der Waals surface area contributed by atoms with Gasteiger partial charge in [0.2, 0.25) is 6.33 Å². The van der Waals surface area contributed by atoms with Gasteiger partial charge in [0.1, 0.15) is 0 Å². The molecule has 2 aromatic heterocycles. The van der Waals surface area contributed by atoms with Crippen LogP contribution in [0.15, 0.2) is 97.2 Å². The molecule has 0 saturated heterocycles. The molecule has 0 saturated carbocycles. The summed E-state index contributed by atoms with van der Waals surface area (Å²) in [5.41, 5.74) is 7.89. The van der Waals surface area contributed by atoms with Crippen LogP contribution in [0.4, 0.5) is 11.4 Å². The van der Waals surface area contributed by atoms with Gasteiger partial charge in [0.25, 0.3) is 0 Å². The number of imidazole rings is 1. The van der Waals surface area contributed by atoms with Crippen LogP contribution in [-0.4, -0.2) is 16.6 Å². The predicted octanol–water partition coefficient (Wildman–Crippen LogP) is 6.88. The van der Waals surface area contributed by atoms with Crippen LogP contribution in [0.1, 0.15) is 19.9 Å². The van der Waals surface area contributed by atoms with Crippen LogP contribution < -0.4 is 9.47 Å². The van der Waals surface area contributed by atoms with Crippen molar-refractivity contribution in [3.63, 3.8) is 0 Å². The van der Waals surface area contributed by atoms with Crippen molar-refractivity contribution in [2.75, 3.05) is 11.9 Å². The average Bonchev–Trinajstić information content (AvgIpc) is 3.33. The van der Waals surface area contributed by atoms with E-state index in [0.717, 1.165) is 16.9 Å². The molecule has 3 heterocycles. The van der Waals surface area contributed by atoms with Gasteiger partial charge in [0.15, 0.2) is 0 Å². The fourth-order valence-electron chi connectivity index (χ4n) is 4.87. The SMILES string of the molecule is CC(C)n1[c-][n+]2c3c(cccc31)N(C)c1c-2[c-]cc2ccccc12.[Ir+3].[c-]1ccccc1-c1ccccn1. The fourth-order valence-corrected chi connectivity index (χ4v) is 4.87. The van der Waals surface area contributed by atoms with Crippen LogP contribution in [0, 0.1) is 18.5 Å². The molecule has 0 aliphatic carbocycles. The number of fused-ring (bicyclic) bond motifs is 4. The van der Waals surface area contributed by atoms with Crippen molar-refractivity contribution in [3.8, 4) is 16.9 Å². The molecule has 5 heteroatoms. The van der Waals surface area contributed by atoms with Crippen LogP contribution in [0.25, 0.3) is 38.8 Å². The van der Waals surface area contributed by atoms with Crippen LogP contribution in [0.5, 0.6) is 0 Å². The minimum Gasteiger partial charge on any atom is -0.407 e. The van der Waals surface area contributed by atoms with Gasteiger partial charge in [0.05, 0.1) is 17.1 Å². The van der Waals surface area contributed by atoms with Crippen molar-refractivity contribution in [2.24, 2.45) is 0 Å². The third kappa shape index (κ3) is 4.35. The number of nitrogens with zero attached hydrogens (tertiary/aromatic N) is 4. The number of para-hydroxylation sites is 1. The van der Waals surface area contributed by atoms with Crippen molar-refractivity contribution in [1.82, 2.24) is 9.55 Å². The summed E-state index contributed by atoms with van der Waals surface area (Å²) in [6, 6.07) is 37.7. The molecule has 37 heavy (non-hydrogen) atoms. The van der Waals surface area contributed by atoms with Gasteiger partial charge in [-0.05, 0) is 44.4 Å². The van der Waals surface area contributed by atoms with Crippen LogP contribution in [-0.2, 0) is 20.1 Å². The van der Waals surface area contributed by atoms with E-state index in [9.17, 15) is 0 Å². The molecule has 0 radical (unpaired) electrons. The molecule has 7 rings (SSSR count). The van der Waals surface area contributed by atoms with Crippen molar-refractivity contribution in [3.05, 3.63) is 116 Å². The molecular weight excluding hydrogens is 633 g/mol. The van der Waals surface area contributed by atoms with Gasteiger partial charge in [0, 0.05) is 11.9 Å². The van der Waals surface area contributed by atoms with E-state index < -0.39 is 0 Å². The Morgan fingerprint density at radius 2 is 1.68 bits per heavy atom. The molecule has 4 aromatic carbocycles. The maximum absolute atomic E-state index is 4.22. The maximum atomic E-state index is 4.22. The van der Waals surface area contributed by atoms with Gasteiger partial charge in [-0.25, -0.2) is 0 Å². The van der Waals surface area contributed by atoms with Crippen LogP contribution in [0.3, 0.4) is 0 Å². The molecular formula is C32H26IrN4+. The van der Waals surface area contributed by atoms with E-state index >= 15 is 0 Å². The molecule has 0 atom stereocenters.